The molecule has 2 aromatic carbocycles. The van der Waals surface area contributed by atoms with E-state index in [1.54, 1.807) is 31.2 Å². The van der Waals surface area contributed by atoms with Gasteiger partial charge in [-0.15, -0.1) is 0 Å². The number of hydrogen-bond acceptors (Lipinski definition) is 4. The molecule has 0 bridgehead atoms. The minimum absolute atomic E-state index is 0.0575. The lowest BCUT2D eigenvalue weighted by Crippen LogP contribution is -2.14. The highest BCUT2D eigenvalue weighted by Crippen LogP contribution is 2.22. The molecule has 0 unspecified atom stereocenters. The Morgan fingerprint density at radius 3 is 2.44 bits per heavy atom. The lowest BCUT2D eigenvalue weighted by Gasteiger charge is -2.02. The molecule has 0 saturated heterocycles. The third kappa shape index (κ3) is 4.04. The highest BCUT2D eigenvalue weighted by Gasteiger charge is 2.12. The minimum Gasteiger partial charge on any atom is -0.319 e. The van der Waals surface area contributed by atoms with Crippen molar-refractivity contribution in [2.75, 3.05) is 5.75 Å². The number of rotatable bonds is 4. The van der Waals surface area contributed by atoms with Crippen molar-refractivity contribution in [3.63, 3.8) is 0 Å². The second kappa shape index (κ2) is 7.40. The Balaban J connectivity index is 1.88. The molecule has 1 heterocycles. The Morgan fingerprint density at radius 2 is 1.81 bits per heavy atom. The highest BCUT2D eigenvalue weighted by atomic mass is 32.2. The van der Waals surface area contributed by atoms with Crippen LogP contribution in [0.3, 0.4) is 0 Å². The summed E-state index contributed by atoms with van der Waals surface area (Å²) in [5.74, 6) is -0.195. The van der Waals surface area contributed by atoms with Crippen LogP contribution in [0.2, 0.25) is 0 Å². The van der Waals surface area contributed by atoms with Gasteiger partial charge in [-0.3, -0.25) is 4.79 Å². The van der Waals surface area contributed by atoms with Crippen LogP contribution in [-0.4, -0.2) is 24.6 Å². The van der Waals surface area contributed by atoms with Crippen LogP contribution in [0.25, 0.3) is 10.2 Å². The van der Waals surface area contributed by atoms with Crippen molar-refractivity contribution in [1.82, 2.24) is 4.57 Å². The van der Waals surface area contributed by atoms with E-state index in [2.05, 4.69) is 31.0 Å². The molecule has 27 heavy (non-hydrogen) atoms. The van der Waals surface area contributed by atoms with Gasteiger partial charge in [-0.2, -0.15) is 4.99 Å². The molecule has 142 valence electrons. The van der Waals surface area contributed by atoms with Crippen molar-refractivity contribution in [2.45, 2.75) is 32.1 Å². The third-order valence-corrected chi connectivity index (χ3v) is 7.51. The topological polar surface area (TPSA) is 68.5 Å². The summed E-state index contributed by atoms with van der Waals surface area (Å²) in [6.45, 7) is 5.72. The molecule has 0 fully saturated rings. The van der Waals surface area contributed by atoms with Crippen molar-refractivity contribution in [1.29, 1.82) is 0 Å². The van der Waals surface area contributed by atoms with E-state index >= 15 is 0 Å². The Bertz CT molecular complexity index is 1180. The number of amides is 1. The van der Waals surface area contributed by atoms with E-state index in [0.717, 1.165) is 15.8 Å². The summed E-state index contributed by atoms with van der Waals surface area (Å²) in [5.41, 5.74) is 4.16. The minimum atomic E-state index is -3.23. The smallest absolute Gasteiger partial charge is 0.252 e. The molecule has 5 nitrogen and oxygen atoms in total. The number of thiazole rings is 1. The van der Waals surface area contributed by atoms with E-state index in [-0.39, 0.29) is 23.0 Å². The second-order valence-electron chi connectivity index (χ2n) is 6.60. The Labute approximate surface area is 162 Å². The summed E-state index contributed by atoms with van der Waals surface area (Å²) < 4.78 is 26.8. The van der Waals surface area contributed by atoms with Crippen LogP contribution in [0.5, 0.6) is 0 Å². The van der Waals surface area contributed by atoms with Gasteiger partial charge in [0.25, 0.3) is 5.91 Å². The fraction of sp³-hybridized carbons (Fsp3) is 0.300. The molecule has 0 N–H and O–H groups in total. The molecule has 3 rings (SSSR count). The van der Waals surface area contributed by atoms with Gasteiger partial charge in [0.15, 0.2) is 14.6 Å². The predicted molar refractivity (Wildman–Crippen MR) is 109 cm³/mol. The molecule has 0 aliphatic heterocycles. The zero-order valence-electron chi connectivity index (χ0n) is 15.8. The Morgan fingerprint density at radius 1 is 1.15 bits per heavy atom. The van der Waals surface area contributed by atoms with Crippen LogP contribution in [0, 0.1) is 13.8 Å². The van der Waals surface area contributed by atoms with Crippen molar-refractivity contribution < 1.29 is 13.2 Å². The Hall–Kier alpha value is -2.25. The van der Waals surface area contributed by atoms with Gasteiger partial charge in [0.2, 0.25) is 0 Å². The number of benzene rings is 2. The number of nitrogens with zero attached hydrogens (tertiary/aromatic N) is 2. The zero-order chi connectivity index (χ0) is 19.8. The van der Waals surface area contributed by atoms with E-state index in [9.17, 15) is 13.2 Å². The molecule has 0 spiro atoms. The molecule has 0 aliphatic rings. The zero-order valence-corrected chi connectivity index (χ0v) is 17.4. The number of aryl methyl sites for hydroxylation is 3. The molecular weight excluding hydrogens is 380 g/mol. The summed E-state index contributed by atoms with van der Waals surface area (Å²) in [5, 5.41) is 0. The number of carbonyl (C=O) groups is 1. The van der Waals surface area contributed by atoms with E-state index in [0.29, 0.717) is 4.80 Å². The van der Waals surface area contributed by atoms with Crippen LogP contribution >= 0.6 is 11.3 Å². The van der Waals surface area contributed by atoms with Crippen molar-refractivity contribution in [3.8, 4) is 0 Å². The molecule has 0 saturated carbocycles. The number of sulfone groups is 1. The molecular formula is C20H22N2O3S2. The van der Waals surface area contributed by atoms with Crippen LogP contribution < -0.4 is 4.80 Å². The molecule has 0 aliphatic carbocycles. The summed E-state index contributed by atoms with van der Waals surface area (Å²) in [4.78, 5) is 17.6. The van der Waals surface area contributed by atoms with Crippen LogP contribution in [0.15, 0.2) is 46.3 Å². The Kier molecular flexibility index (Phi) is 5.35. The number of fused-ring (bicyclic) bond motifs is 1. The van der Waals surface area contributed by atoms with Crippen molar-refractivity contribution >= 4 is 37.3 Å². The van der Waals surface area contributed by atoms with Gasteiger partial charge in [0.05, 0.1) is 27.3 Å². The lowest BCUT2D eigenvalue weighted by atomic mass is 10.1. The molecule has 1 amide bonds. The van der Waals surface area contributed by atoms with E-state index < -0.39 is 9.84 Å². The maximum atomic E-state index is 12.4. The maximum Gasteiger partial charge on any atom is 0.252 e. The van der Waals surface area contributed by atoms with Gasteiger partial charge in [0, 0.05) is 7.05 Å². The standard InChI is InChI=1S/C20H22N2O3S2/c1-5-27(24,25)16-8-6-15(7-9-16)12-18(23)21-20-22(4)17-11-13(2)10-14(3)19(17)26-20/h6-11H,5,12H2,1-4H3. The summed E-state index contributed by atoms with van der Waals surface area (Å²) >= 11 is 1.50. The monoisotopic (exact) mass is 402 g/mol. The largest absolute Gasteiger partial charge is 0.319 e. The van der Waals surface area contributed by atoms with Crippen LogP contribution in [0.4, 0.5) is 0 Å². The normalized spacial score (nSPS) is 12.7. The fourth-order valence-corrected chi connectivity index (χ4v) is 4.95. The average Bonchev–Trinajstić information content (AvgIpc) is 2.92. The SMILES string of the molecule is CCS(=O)(=O)c1ccc(CC(=O)N=c2sc3c(C)cc(C)cc3n2C)cc1. The predicted octanol–water partition coefficient (Wildman–Crippen LogP) is 3.32. The first-order valence-electron chi connectivity index (χ1n) is 8.67. The maximum absolute atomic E-state index is 12.4. The summed E-state index contributed by atoms with van der Waals surface area (Å²) in [6, 6.07) is 10.7. The lowest BCUT2D eigenvalue weighted by molar-refractivity contribution is -0.117. The fourth-order valence-electron chi connectivity index (χ4n) is 2.98. The molecule has 3 aromatic rings. The van der Waals surface area contributed by atoms with Gasteiger partial charge < -0.3 is 4.57 Å². The molecule has 7 heteroatoms. The highest BCUT2D eigenvalue weighted by molar-refractivity contribution is 7.91. The quantitative estimate of drug-likeness (QED) is 0.672. The van der Waals surface area contributed by atoms with E-state index in [1.807, 2.05) is 11.6 Å². The van der Waals surface area contributed by atoms with Crippen LogP contribution in [0.1, 0.15) is 23.6 Å². The van der Waals surface area contributed by atoms with E-state index in [4.69, 9.17) is 0 Å². The molecule has 1 aromatic heterocycles. The van der Waals surface area contributed by atoms with Gasteiger partial charge in [-0.05, 0) is 48.7 Å². The number of hydrogen-bond donors (Lipinski definition) is 0. The van der Waals surface area contributed by atoms with Gasteiger partial charge >= 0.3 is 0 Å². The van der Waals surface area contributed by atoms with Gasteiger partial charge in [-0.1, -0.05) is 36.5 Å². The molecule has 0 radical (unpaired) electrons. The second-order valence-corrected chi connectivity index (χ2v) is 9.86. The third-order valence-electron chi connectivity index (χ3n) is 4.48. The van der Waals surface area contributed by atoms with Crippen molar-refractivity contribution in [3.05, 3.63) is 57.9 Å². The average molecular weight is 403 g/mol. The first kappa shape index (κ1) is 19.5. The van der Waals surface area contributed by atoms with Crippen molar-refractivity contribution in [2.24, 2.45) is 12.0 Å². The summed E-state index contributed by atoms with van der Waals surface area (Å²) in [6.07, 6.45) is 0.138. The van der Waals surface area contributed by atoms with E-state index in [1.165, 1.54) is 22.5 Å². The first-order valence-corrected chi connectivity index (χ1v) is 11.1. The van der Waals surface area contributed by atoms with Gasteiger partial charge in [-0.25, -0.2) is 8.42 Å². The van der Waals surface area contributed by atoms with Gasteiger partial charge in [0.1, 0.15) is 0 Å². The summed E-state index contributed by atoms with van der Waals surface area (Å²) in [7, 11) is -1.32. The number of carbonyl (C=O) groups excluding carboxylic acids is 1. The van der Waals surface area contributed by atoms with Crippen LogP contribution in [-0.2, 0) is 28.1 Å². The molecule has 0 atom stereocenters. The number of aromatic nitrogens is 1. The first-order chi connectivity index (χ1) is 12.7.